The summed E-state index contributed by atoms with van der Waals surface area (Å²) in [6, 6.07) is 35.4. The van der Waals surface area contributed by atoms with E-state index in [9.17, 15) is 29.2 Å². The zero-order chi connectivity index (χ0) is 45.6. The maximum Gasteiger partial charge on any atom is 0.411 e. The normalized spacial score (nSPS) is 11.7. The zero-order valence-electron chi connectivity index (χ0n) is 35.5. The highest BCUT2D eigenvalue weighted by Gasteiger charge is 2.23. The largest absolute Gasteiger partial charge is 0.449 e. The van der Waals surface area contributed by atoms with Crippen LogP contribution in [0.3, 0.4) is 0 Å². The maximum atomic E-state index is 12.7. The van der Waals surface area contributed by atoms with Crippen molar-refractivity contribution in [3.63, 3.8) is 0 Å². The van der Waals surface area contributed by atoms with Crippen molar-refractivity contribution in [2.45, 2.75) is 32.1 Å². The minimum absolute atomic E-state index is 0.107. The zero-order valence-corrected chi connectivity index (χ0v) is 35.5. The molecule has 3 aliphatic rings. The fourth-order valence-electron chi connectivity index (χ4n) is 8.66. The van der Waals surface area contributed by atoms with Gasteiger partial charge in [0.25, 0.3) is 0 Å². The summed E-state index contributed by atoms with van der Waals surface area (Å²) in [4.78, 5) is 64.6. The second-order valence-electron chi connectivity index (χ2n) is 16.0. The first-order valence-electron chi connectivity index (χ1n) is 21.4. The van der Waals surface area contributed by atoms with Crippen LogP contribution in [0, 0.1) is 11.3 Å². The first-order chi connectivity index (χ1) is 32.2. The van der Waals surface area contributed by atoms with Gasteiger partial charge in [-0.1, -0.05) is 36.4 Å². The number of hydrogen-bond acceptors (Lipinski definition) is 9. The molecule has 6 amide bonds. The molecule has 15 heteroatoms. The molecule has 6 aromatic rings. The van der Waals surface area contributed by atoms with Gasteiger partial charge in [-0.15, -0.1) is 0 Å². The van der Waals surface area contributed by atoms with E-state index in [1.54, 1.807) is 12.1 Å². The number of anilines is 4. The molecule has 9 rings (SSSR count). The van der Waals surface area contributed by atoms with Gasteiger partial charge in [0.15, 0.2) is 0 Å². The van der Waals surface area contributed by atoms with Gasteiger partial charge in [-0.2, -0.15) is 10.3 Å². The number of carbonyl (C=O) groups excluding carboxylic acids is 5. The van der Waals surface area contributed by atoms with Crippen molar-refractivity contribution in [1.29, 1.82) is 5.26 Å². The van der Waals surface area contributed by atoms with E-state index < -0.39 is 12.2 Å². The third-order valence-corrected chi connectivity index (χ3v) is 11.6. The number of isocyanates is 1. The van der Waals surface area contributed by atoms with Gasteiger partial charge < -0.3 is 30.7 Å². The Hall–Kier alpha value is -8.73. The van der Waals surface area contributed by atoms with Gasteiger partial charge in [0.2, 0.25) is 6.08 Å². The number of aliphatic imine (C=N–C) groups is 1. The molecule has 0 atom stereocenters. The Balaban J connectivity index is 0.648. The number of rotatable bonds is 13. The van der Waals surface area contributed by atoms with Crippen LogP contribution in [0.2, 0.25) is 0 Å². The van der Waals surface area contributed by atoms with Gasteiger partial charge in [0.05, 0.1) is 30.5 Å². The van der Waals surface area contributed by atoms with Gasteiger partial charge >= 0.3 is 24.2 Å². The van der Waals surface area contributed by atoms with Crippen LogP contribution in [-0.4, -0.2) is 56.6 Å². The van der Waals surface area contributed by atoms with Crippen LogP contribution in [0.15, 0.2) is 114 Å². The van der Waals surface area contributed by atoms with Crippen LogP contribution in [0.4, 0.5) is 47.6 Å². The highest BCUT2D eigenvalue weighted by Crippen LogP contribution is 2.41. The van der Waals surface area contributed by atoms with E-state index in [0.717, 1.165) is 66.8 Å². The molecule has 328 valence electrons. The van der Waals surface area contributed by atoms with Crippen molar-refractivity contribution in [1.82, 2.24) is 10.6 Å². The number of amides is 6. The quantitative estimate of drug-likeness (QED) is 0.0372. The number of nitriles is 1. The van der Waals surface area contributed by atoms with E-state index in [-0.39, 0.29) is 31.8 Å². The number of hydrogen-bond donors (Lipinski definition) is 6. The molecule has 0 aromatic heterocycles. The minimum atomic E-state index is -0.595. The lowest BCUT2D eigenvalue weighted by Crippen LogP contribution is -2.30. The number of urea groups is 2. The summed E-state index contributed by atoms with van der Waals surface area (Å²) in [6.45, 7) is 0.806. The lowest BCUT2D eigenvalue weighted by molar-refractivity contribution is 0.159. The molecule has 0 radical (unpaired) electrons. The average Bonchev–Trinajstić information content (AvgIpc) is 3.98. The Morgan fingerprint density at radius 2 is 0.879 bits per heavy atom. The van der Waals surface area contributed by atoms with Crippen LogP contribution >= 0.6 is 0 Å². The minimum Gasteiger partial charge on any atom is -0.449 e. The Bertz CT molecular complexity index is 3040. The third kappa shape index (κ3) is 9.59. The van der Waals surface area contributed by atoms with Crippen LogP contribution in [0.5, 0.6) is 0 Å². The van der Waals surface area contributed by atoms with E-state index in [1.807, 2.05) is 103 Å². The van der Waals surface area contributed by atoms with Crippen LogP contribution in [0.25, 0.3) is 33.4 Å². The first kappa shape index (κ1) is 42.6. The van der Waals surface area contributed by atoms with Crippen molar-refractivity contribution in [2.75, 3.05) is 47.6 Å². The molecule has 0 saturated carbocycles. The number of benzene rings is 6. The fourth-order valence-corrected chi connectivity index (χ4v) is 8.66. The molecule has 6 N–H and O–H groups in total. The second-order valence-corrected chi connectivity index (χ2v) is 16.0. The molecule has 0 bridgehead atoms. The van der Waals surface area contributed by atoms with E-state index in [0.29, 0.717) is 72.6 Å². The smallest absolute Gasteiger partial charge is 0.411 e. The predicted octanol–water partition coefficient (Wildman–Crippen LogP) is 9.76. The summed E-state index contributed by atoms with van der Waals surface area (Å²) in [6.07, 6.45) is 3.18. The van der Waals surface area contributed by atoms with Crippen molar-refractivity contribution in [3.8, 4) is 39.4 Å². The van der Waals surface area contributed by atoms with Crippen molar-refractivity contribution in [2.24, 2.45) is 4.99 Å². The number of fused-ring (bicyclic) bond motifs is 9. The van der Waals surface area contributed by atoms with E-state index >= 15 is 0 Å². The summed E-state index contributed by atoms with van der Waals surface area (Å²) in [7, 11) is 0. The number of carbonyl (C=O) groups is 4. The Morgan fingerprint density at radius 1 is 0.500 bits per heavy atom. The summed E-state index contributed by atoms with van der Waals surface area (Å²) in [5.41, 5.74) is 16.4. The molecule has 0 unspecified atom stereocenters. The van der Waals surface area contributed by atoms with Crippen molar-refractivity contribution < 1.29 is 33.4 Å². The molecule has 0 aliphatic heterocycles. The molecule has 66 heavy (non-hydrogen) atoms. The third-order valence-electron chi connectivity index (χ3n) is 11.6. The predicted molar refractivity (Wildman–Crippen MR) is 250 cm³/mol. The summed E-state index contributed by atoms with van der Waals surface area (Å²) < 4.78 is 10.7. The average molecular weight is 879 g/mol. The molecule has 3 aliphatic carbocycles. The van der Waals surface area contributed by atoms with Crippen molar-refractivity contribution in [3.05, 3.63) is 148 Å². The van der Waals surface area contributed by atoms with Gasteiger partial charge in [-0.05, 0) is 172 Å². The SMILES string of the molecule is N#Cc1ccc2c(c1)Cc1cc(NC(=O)OCCCNC(=O)Nc3ccc4c(c3)Cc3cc(NC(=O)NCCCOC(=O)Nc5ccc6c(c5)Cc5cc(N=C=O)ccc5-6)ccc3-4)ccc1-2. The summed E-state index contributed by atoms with van der Waals surface area (Å²) in [5, 5.41) is 26.1. The van der Waals surface area contributed by atoms with Crippen LogP contribution < -0.4 is 31.9 Å². The maximum absolute atomic E-state index is 12.7. The monoisotopic (exact) mass is 878 g/mol. The molecule has 6 aromatic carbocycles. The van der Waals surface area contributed by atoms with Crippen molar-refractivity contribution >= 4 is 58.8 Å². The molecule has 0 spiro atoms. The molecular weight excluding hydrogens is 837 g/mol. The number of ether oxygens (including phenoxy) is 2. The standard InChI is InChI=1S/C51H42N8O7/c52-28-30-3-9-42-31(19-30)20-33-26-40(7-13-44(33)42)58-50(63)65-17-1-15-53-48(61)56-38-5-11-45-34(24-38)22-35-25-39(6-12-46(35)45)57-49(62)54-16-2-18-66-51(64)59-41-8-14-47-36(27-41)21-32-23-37(55-29-60)4-10-43(32)47/h3-14,19,23-27H,1-2,15-18,20-22H2,(H,58,63)(H,59,64)(H2,53,56,61)(H2,54,57,62). The van der Waals surface area contributed by atoms with Gasteiger partial charge in [0, 0.05) is 35.8 Å². The molecule has 0 fully saturated rings. The fraction of sp³-hybridized carbons (Fsp3) is 0.176. The highest BCUT2D eigenvalue weighted by molar-refractivity contribution is 5.93. The molecule has 0 saturated heterocycles. The Labute approximate surface area is 379 Å². The first-order valence-corrected chi connectivity index (χ1v) is 21.4. The van der Waals surface area contributed by atoms with Crippen LogP contribution in [0.1, 0.15) is 51.8 Å². The molecule has 0 heterocycles. The molecular formula is C51H42N8O7. The lowest BCUT2D eigenvalue weighted by atomic mass is 10.0. The Kier molecular flexibility index (Phi) is 12.2. The second kappa shape index (κ2) is 18.9. The number of nitrogens with one attached hydrogen (secondary N) is 6. The highest BCUT2D eigenvalue weighted by atomic mass is 16.6. The lowest BCUT2D eigenvalue weighted by Gasteiger charge is -2.11. The molecule has 15 nitrogen and oxygen atoms in total. The number of nitrogens with zero attached hydrogens (tertiary/aromatic N) is 2. The summed E-state index contributed by atoms with van der Waals surface area (Å²) >= 11 is 0. The van der Waals surface area contributed by atoms with E-state index in [4.69, 9.17) is 9.47 Å². The van der Waals surface area contributed by atoms with Gasteiger partial charge in [-0.25, -0.2) is 24.0 Å². The van der Waals surface area contributed by atoms with Gasteiger partial charge in [0.1, 0.15) is 0 Å². The topological polar surface area (TPSA) is 212 Å². The van der Waals surface area contributed by atoms with E-state index in [1.165, 1.54) is 0 Å². The van der Waals surface area contributed by atoms with Crippen LogP contribution in [-0.2, 0) is 33.5 Å². The van der Waals surface area contributed by atoms with E-state index in [2.05, 4.69) is 43.0 Å². The van der Waals surface area contributed by atoms with Gasteiger partial charge in [-0.3, -0.25) is 10.6 Å². The summed E-state index contributed by atoms with van der Waals surface area (Å²) in [5.74, 6) is 0. The Morgan fingerprint density at radius 3 is 1.30 bits per heavy atom.